The van der Waals surface area contributed by atoms with Crippen molar-refractivity contribution in [2.45, 2.75) is 39.8 Å². The highest BCUT2D eigenvalue weighted by molar-refractivity contribution is 5.93. The molecule has 6 nitrogen and oxygen atoms in total. The van der Waals surface area contributed by atoms with Crippen LogP contribution in [0.1, 0.15) is 25.2 Å². The molecule has 134 valence electrons. The molecule has 1 amide bonds. The van der Waals surface area contributed by atoms with Gasteiger partial charge in [-0.25, -0.2) is 4.68 Å². The summed E-state index contributed by atoms with van der Waals surface area (Å²) in [5, 5.41) is 7.62. The van der Waals surface area contributed by atoms with Crippen molar-refractivity contribution in [3.8, 4) is 5.69 Å². The predicted molar refractivity (Wildman–Crippen MR) is 98.1 cm³/mol. The molecule has 1 aliphatic rings. The molecule has 0 saturated carbocycles. The average molecular weight is 342 g/mol. The lowest BCUT2D eigenvalue weighted by Crippen LogP contribution is -2.50. The van der Waals surface area contributed by atoms with Crippen LogP contribution in [0.4, 0.5) is 5.69 Å². The van der Waals surface area contributed by atoms with Gasteiger partial charge in [0.25, 0.3) is 0 Å². The van der Waals surface area contributed by atoms with Crippen molar-refractivity contribution < 1.29 is 9.53 Å². The van der Waals surface area contributed by atoms with Gasteiger partial charge in [-0.3, -0.25) is 9.69 Å². The van der Waals surface area contributed by atoms with E-state index in [1.165, 1.54) is 0 Å². The Balaban J connectivity index is 1.72. The number of ether oxygens (including phenoxy) is 1. The number of amides is 1. The Kier molecular flexibility index (Phi) is 5.20. The fraction of sp³-hybridized carbons (Fsp3) is 0.474. The number of anilines is 1. The average Bonchev–Trinajstić information content (AvgIpc) is 2.87. The second-order valence-corrected chi connectivity index (χ2v) is 6.76. The zero-order chi connectivity index (χ0) is 18.0. The van der Waals surface area contributed by atoms with Crippen LogP contribution in [0, 0.1) is 13.8 Å². The summed E-state index contributed by atoms with van der Waals surface area (Å²) >= 11 is 0. The molecular formula is C19H26N4O2. The van der Waals surface area contributed by atoms with E-state index >= 15 is 0 Å². The normalized spacial score (nSPS) is 21.3. The van der Waals surface area contributed by atoms with Gasteiger partial charge in [0.05, 0.1) is 42.0 Å². The maximum atomic E-state index is 12.6. The molecule has 0 unspecified atom stereocenters. The molecule has 2 atom stereocenters. The first-order valence-electron chi connectivity index (χ1n) is 8.73. The number of hydrogen-bond donors (Lipinski definition) is 1. The summed E-state index contributed by atoms with van der Waals surface area (Å²) in [6.07, 6.45) is 0.160. The van der Waals surface area contributed by atoms with E-state index < -0.39 is 0 Å². The summed E-state index contributed by atoms with van der Waals surface area (Å²) in [6, 6.07) is 10.2. The van der Waals surface area contributed by atoms with Gasteiger partial charge in [-0.05, 0) is 39.8 Å². The van der Waals surface area contributed by atoms with E-state index in [0.29, 0.717) is 13.2 Å². The maximum absolute atomic E-state index is 12.6. The van der Waals surface area contributed by atoms with Crippen molar-refractivity contribution in [1.82, 2.24) is 14.7 Å². The highest BCUT2D eigenvalue weighted by Gasteiger charge is 2.25. The van der Waals surface area contributed by atoms with Crippen molar-refractivity contribution in [2.75, 3.05) is 25.0 Å². The first kappa shape index (κ1) is 17.6. The third-order valence-electron chi connectivity index (χ3n) is 4.64. The first-order valence-corrected chi connectivity index (χ1v) is 8.73. The molecular weight excluding hydrogens is 316 g/mol. The molecule has 0 spiro atoms. The predicted octanol–water partition coefficient (Wildman–Crippen LogP) is 2.54. The molecule has 3 rings (SSSR count). The minimum Gasteiger partial charge on any atom is -0.376 e. The van der Waals surface area contributed by atoms with Crippen molar-refractivity contribution in [2.24, 2.45) is 0 Å². The lowest BCUT2D eigenvalue weighted by Gasteiger charge is -2.36. The number of carbonyl (C=O) groups excluding carboxylic acids is 1. The summed E-state index contributed by atoms with van der Waals surface area (Å²) in [4.78, 5) is 14.7. The molecule has 0 bridgehead atoms. The Morgan fingerprint density at radius 3 is 2.72 bits per heavy atom. The minimum atomic E-state index is -0.0141. The van der Waals surface area contributed by atoms with Crippen LogP contribution in [0.3, 0.4) is 0 Å². The number of aromatic nitrogens is 2. The van der Waals surface area contributed by atoms with Gasteiger partial charge < -0.3 is 10.1 Å². The van der Waals surface area contributed by atoms with Gasteiger partial charge in [-0.1, -0.05) is 18.2 Å². The highest BCUT2D eigenvalue weighted by Crippen LogP contribution is 2.23. The van der Waals surface area contributed by atoms with Gasteiger partial charge >= 0.3 is 0 Å². The summed E-state index contributed by atoms with van der Waals surface area (Å²) in [6.45, 7) is 9.82. The number of benzene rings is 1. The van der Waals surface area contributed by atoms with Crippen molar-refractivity contribution >= 4 is 11.6 Å². The molecule has 2 heterocycles. The van der Waals surface area contributed by atoms with Gasteiger partial charge in [0.1, 0.15) is 0 Å². The number of aryl methyl sites for hydroxylation is 1. The fourth-order valence-electron chi connectivity index (χ4n) is 3.20. The molecule has 0 aliphatic carbocycles. The Hall–Kier alpha value is -2.18. The minimum absolute atomic E-state index is 0.0141. The summed E-state index contributed by atoms with van der Waals surface area (Å²) < 4.78 is 7.49. The van der Waals surface area contributed by atoms with E-state index in [4.69, 9.17) is 4.74 Å². The number of para-hydroxylation sites is 1. The smallest absolute Gasteiger partial charge is 0.238 e. The van der Waals surface area contributed by atoms with Crippen molar-refractivity contribution in [3.05, 3.63) is 41.7 Å². The molecule has 1 saturated heterocycles. The first-order chi connectivity index (χ1) is 12.0. The van der Waals surface area contributed by atoms with E-state index in [9.17, 15) is 4.79 Å². The Morgan fingerprint density at radius 1 is 1.28 bits per heavy atom. The van der Waals surface area contributed by atoms with Crippen LogP contribution in [0.15, 0.2) is 30.3 Å². The molecule has 1 N–H and O–H groups in total. The molecule has 1 aromatic heterocycles. The monoisotopic (exact) mass is 342 g/mol. The van der Waals surface area contributed by atoms with Crippen LogP contribution in [0.5, 0.6) is 0 Å². The highest BCUT2D eigenvalue weighted by atomic mass is 16.5. The number of hydrogen-bond acceptors (Lipinski definition) is 4. The second kappa shape index (κ2) is 7.37. The quantitative estimate of drug-likeness (QED) is 0.928. The van der Waals surface area contributed by atoms with Crippen LogP contribution >= 0.6 is 0 Å². The van der Waals surface area contributed by atoms with Gasteiger partial charge in [-0.15, -0.1) is 0 Å². The van der Waals surface area contributed by atoms with E-state index in [2.05, 4.69) is 22.2 Å². The zero-order valence-corrected chi connectivity index (χ0v) is 15.3. The van der Waals surface area contributed by atoms with Gasteiger partial charge in [0.15, 0.2) is 0 Å². The van der Waals surface area contributed by atoms with Crippen molar-refractivity contribution in [3.63, 3.8) is 0 Å². The lowest BCUT2D eigenvalue weighted by atomic mass is 10.2. The van der Waals surface area contributed by atoms with Crippen LogP contribution in [-0.2, 0) is 9.53 Å². The standard InChI is InChI=1S/C19H26N4O2/c1-13-12-25-14(2)10-22(13)11-18(24)20-19-15(3)21-23(16(19)4)17-8-6-5-7-9-17/h5-9,13-14H,10-12H2,1-4H3,(H,20,24)/t13-,14-/m0/s1. The number of morpholine rings is 1. The number of carbonyl (C=O) groups is 1. The Bertz CT molecular complexity index is 741. The number of nitrogens with one attached hydrogen (secondary N) is 1. The van der Waals surface area contributed by atoms with E-state index in [0.717, 1.165) is 29.3 Å². The lowest BCUT2D eigenvalue weighted by molar-refractivity contribution is -0.121. The van der Waals surface area contributed by atoms with Gasteiger partial charge in [0.2, 0.25) is 5.91 Å². The Labute approximate surface area is 148 Å². The SMILES string of the molecule is Cc1nn(-c2ccccc2)c(C)c1NC(=O)CN1C[C@H](C)OC[C@@H]1C. The third-order valence-corrected chi connectivity index (χ3v) is 4.64. The molecule has 1 aliphatic heterocycles. The Morgan fingerprint density at radius 2 is 2.00 bits per heavy atom. The van der Waals surface area contributed by atoms with Crippen molar-refractivity contribution in [1.29, 1.82) is 0 Å². The van der Waals surface area contributed by atoms with E-state index in [1.807, 2.05) is 55.8 Å². The molecule has 0 radical (unpaired) electrons. The van der Waals surface area contributed by atoms with Crippen LogP contribution in [0.2, 0.25) is 0 Å². The molecule has 6 heteroatoms. The van der Waals surface area contributed by atoms with Crippen LogP contribution < -0.4 is 5.32 Å². The summed E-state index contributed by atoms with van der Waals surface area (Å²) in [5.41, 5.74) is 3.53. The largest absolute Gasteiger partial charge is 0.376 e. The molecule has 2 aromatic rings. The number of nitrogens with zero attached hydrogens (tertiary/aromatic N) is 3. The van der Waals surface area contributed by atoms with Gasteiger partial charge in [-0.2, -0.15) is 5.10 Å². The second-order valence-electron chi connectivity index (χ2n) is 6.76. The molecule has 1 fully saturated rings. The van der Waals surface area contributed by atoms with E-state index in [-0.39, 0.29) is 18.1 Å². The molecule has 25 heavy (non-hydrogen) atoms. The molecule has 1 aromatic carbocycles. The van der Waals surface area contributed by atoms with Crippen LogP contribution in [-0.4, -0.2) is 52.4 Å². The zero-order valence-electron chi connectivity index (χ0n) is 15.3. The summed E-state index contributed by atoms with van der Waals surface area (Å²) in [7, 11) is 0. The fourth-order valence-corrected chi connectivity index (χ4v) is 3.20. The third kappa shape index (κ3) is 3.91. The maximum Gasteiger partial charge on any atom is 0.238 e. The number of rotatable bonds is 4. The van der Waals surface area contributed by atoms with E-state index in [1.54, 1.807) is 0 Å². The summed E-state index contributed by atoms with van der Waals surface area (Å²) in [5.74, 6) is -0.0141. The van der Waals surface area contributed by atoms with Crippen LogP contribution in [0.25, 0.3) is 5.69 Å². The van der Waals surface area contributed by atoms with Gasteiger partial charge in [0, 0.05) is 12.6 Å². The topological polar surface area (TPSA) is 59.4 Å².